The average molecular weight is 288 g/mol. The van der Waals surface area contributed by atoms with E-state index < -0.39 is 6.04 Å². The Morgan fingerprint density at radius 3 is 2.67 bits per heavy atom. The molecule has 0 saturated heterocycles. The summed E-state index contributed by atoms with van der Waals surface area (Å²) >= 11 is 0. The van der Waals surface area contributed by atoms with Gasteiger partial charge >= 0.3 is 0 Å². The lowest BCUT2D eigenvalue weighted by Crippen LogP contribution is -2.45. The predicted molar refractivity (Wildman–Crippen MR) is 84.7 cm³/mol. The zero-order valence-electron chi connectivity index (χ0n) is 13.1. The van der Waals surface area contributed by atoms with E-state index in [0.29, 0.717) is 0 Å². The molecule has 3 unspecified atom stereocenters. The number of aryl methyl sites for hydroxylation is 1. The minimum atomic E-state index is -0.480. The Morgan fingerprint density at radius 2 is 2.05 bits per heavy atom. The SMILES string of the molecule is CCC(C)C(N)C(=O)NC(C)c1nc2ccccc2n1C. The summed E-state index contributed by atoms with van der Waals surface area (Å²) in [4.78, 5) is 16.8. The Labute approximate surface area is 125 Å². The van der Waals surface area contributed by atoms with Crippen molar-refractivity contribution in [1.29, 1.82) is 0 Å². The third-order valence-electron chi connectivity index (χ3n) is 4.13. The monoisotopic (exact) mass is 288 g/mol. The summed E-state index contributed by atoms with van der Waals surface area (Å²) in [6.45, 7) is 5.96. The van der Waals surface area contributed by atoms with Crippen molar-refractivity contribution in [3.63, 3.8) is 0 Å². The highest BCUT2D eigenvalue weighted by molar-refractivity contribution is 5.82. The van der Waals surface area contributed by atoms with Crippen molar-refractivity contribution in [2.24, 2.45) is 18.7 Å². The Kier molecular flexibility index (Phi) is 4.63. The quantitative estimate of drug-likeness (QED) is 0.885. The summed E-state index contributed by atoms with van der Waals surface area (Å²) < 4.78 is 2.01. The number of imidazole rings is 1. The van der Waals surface area contributed by atoms with Gasteiger partial charge in [-0.15, -0.1) is 0 Å². The van der Waals surface area contributed by atoms with Crippen LogP contribution >= 0.6 is 0 Å². The molecule has 1 aromatic heterocycles. The van der Waals surface area contributed by atoms with Crippen molar-refractivity contribution in [3.05, 3.63) is 30.1 Å². The van der Waals surface area contributed by atoms with Gasteiger partial charge in [0.1, 0.15) is 5.82 Å². The van der Waals surface area contributed by atoms with Crippen LogP contribution in [0.4, 0.5) is 0 Å². The molecule has 0 aliphatic rings. The highest BCUT2D eigenvalue weighted by Gasteiger charge is 2.23. The molecule has 1 heterocycles. The number of fused-ring (bicyclic) bond motifs is 1. The van der Waals surface area contributed by atoms with Crippen molar-refractivity contribution in [2.75, 3.05) is 0 Å². The number of aromatic nitrogens is 2. The van der Waals surface area contributed by atoms with Crippen molar-refractivity contribution in [2.45, 2.75) is 39.3 Å². The lowest BCUT2D eigenvalue weighted by atomic mass is 9.99. The highest BCUT2D eigenvalue weighted by atomic mass is 16.2. The summed E-state index contributed by atoms with van der Waals surface area (Å²) in [5, 5.41) is 2.97. The van der Waals surface area contributed by atoms with Gasteiger partial charge in [-0.3, -0.25) is 4.79 Å². The zero-order chi connectivity index (χ0) is 15.6. The number of hydrogen-bond donors (Lipinski definition) is 2. The molecule has 0 spiro atoms. The predicted octanol–water partition coefficient (Wildman–Crippen LogP) is 2.12. The third-order valence-corrected chi connectivity index (χ3v) is 4.13. The lowest BCUT2D eigenvalue weighted by Gasteiger charge is -2.21. The fraction of sp³-hybridized carbons (Fsp3) is 0.500. The zero-order valence-corrected chi connectivity index (χ0v) is 13.1. The normalized spacial score (nSPS) is 15.7. The molecule has 0 aliphatic heterocycles. The van der Waals surface area contributed by atoms with Crippen LogP contribution in [-0.2, 0) is 11.8 Å². The number of nitrogens with zero attached hydrogens (tertiary/aromatic N) is 2. The fourth-order valence-corrected chi connectivity index (χ4v) is 2.44. The smallest absolute Gasteiger partial charge is 0.237 e. The van der Waals surface area contributed by atoms with Crippen molar-refractivity contribution in [3.8, 4) is 0 Å². The van der Waals surface area contributed by atoms with Crippen LogP contribution in [0.1, 0.15) is 39.1 Å². The molecule has 5 nitrogen and oxygen atoms in total. The van der Waals surface area contributed by atoms with E-state index >= 15 is 0 Å². The number of hydrogen-bond acceptors (Lipinski definition) is 3. The van der Waals surface area contributed by atoms with Crippen LogP contribution in [0.25, 0.3) is 11.0 Å². The maximum absolute atomic E-state index is 12.2. The van der Waals surface area contributed by atoms with E-state index in [1.807, 2.05) is 56.7 Å². The number of carbonyl (C=O) groups excluding carboxylic acids is 1. The minimum Gasteiger partial charge on any atom is -0.345 e. The van der Waals surface area contributed by atoms with Crippen LogP contribution in [0, 0.1) is 5.92 Å². The molecule has 114 valence electrons. The summed E-state index contributed by atoms with van der Waals surface area (Å²) in [6, 6.07) is 7.28. The van der Waals surface area contributed by atoms with Gasteiger partial charge in [0.2, 0.25) is 5.91 Å². The molecular formula is C16H24N4O. The van der Waals surface area contributed by atoms with Crippen LogP contribution in [0.15, 0.2) is 24.3 Å². The topological polar surface area (TPSA) is 72.9 Å². The molecule has 0 radical (unpaired) electrons. The molecular weight excluding hydrogens is 264 g/mol. The number of amides is 1. The number of nitrogens with one attached hydrogen (secondary N) is 1. The number of rotatable bonds is 5. The van der Waals surface area contributed by atoms with Gasteiger partial charge in [0, 0.05) is 7.05 Å². The summed E-state index contributed by atoms with van der Waals surface area (Å²) in [6.07, 6.45) is 0.884. The van der Waals surface area contributed by atoms with Gasteiger partial charge in [-0.1, -0.05) is 32.4 Å². The molecule has 0 bridgehead atoms. The minimum absolute atomic E-state index is 0.121. The van der Waals surface area contributed by atoms with E-state index in [2.05, 4.69) is 10.3 Å². The fourth-order valence-electron chi connectivity index (χ4n) is 2.44. The lowest BCUT2D eigenvalue weighted by molar-refractivity contribution is -0.124. The Balaban J connectivity index is 2.17. The Morgan fingerprint density at radius 1 is 1.38 bits per heavy atom. The molecule has 5 heteroatoms. The average Bonchev–Trinajstić information content (AvgIpc) is 2.83. The number of benzene rings is 1. The number of carbonyl (C=O) groups is 1. The second-order valence-corrected chi connectivity index (χ2v) is 5.66. The molecule has 1 aromatic carbocycles. The summed E-state index contributed by atoms with van der Waals surface area (Å²) in [5.41, 5.74) is 7.96. The Hall–Kier alpha value is -1.88. The van der Waals surface area contributed by atoms with Crippen molar-refractivity contribution >= 4 is 16.9 Å². The number of nitrogens with two attached hydrogens (primary N) is 1. The molecule has 0 saturated carbocycles. The molecule has 0 fully saturated rings. The highest BCUT2D eigenvalue weighted by Crippen LogP contribution is 2.19. The van der Waals surface area contributed by atoms with Gasteiger partial charge in [-0.25, -0.2) is 4.98 Å². The summed E-state index contributed by atoms with van der Waals surface area (Å²) in [5.74, 6) is 0.877. The van der Waals surface area contributed by atoms with Gasteiger partial charge in [0.05, 0.1) is 23.1 Å². The molecule has 2 rings (SSSR count). The van der Waals surface area contributed by atoms with Crippen LogP contribution < -0.4 is 11.1 Å². The first kappa shape index (κ1) is 15.5. The van der Waals surface area contributed by atoms with E-state index in [9.17, 15) is 4.79 Å². The maximum Gasteiger partial charge on any atom is 0.237 e. The molecule has 2 aromatic rings. The van der Waals surface area contributed by atoms with Crippen LogP contribution in [0.3, 0.4) is 0 Å². The van der Waals surface area contributed by atoms with E-state index in [-0.39, 0.29) is 17.9 Å². The third kappa shape index (κ3) is 3.08. The van der Waals surface area contributed by atoms with Crippen molar-refractivity contribution < 1.29 is 4.79 Å². The molecule has 21 heavy (non-hydrogen) atoms. The van der Waals surface area contributed by atoms with Gasteiger partial charge < -0.3 is 15.6 Å². The molecule has 3 N–H and O–H groups in total. The van der Waals surface area contributed by atoms with E-state index in [0.717, 1.165) is 23.3 Å². The largest absolute Gasteiger partial charge is 0.345 e. The van der Waals surface area contributed by atoms with Gasteiger partial charge in [0.15, 0.2) is 0 Å². The molecule has 1 amide bonds. The van der Waals surface area contributed by atoms with Gasteiger partial charge in [-0.2, -0.15) is 0 Å². The summed E-state index contributed by atoms with van der Waals surface area (Å²) in [7, 11) is 1.96. The Bertz CT molecular complexity index is 634. The second kappa shape index (κ2) is 6.26. The maximum atomic E-state index is 12.2. The first-order valence-electron chi connectivity index (χ1n) is 7.43. The first-order chi connectivity index (χ1) is 9.95. The van der Waals surface area contributed by atoms with Crippen molar-refractivity contribution in [1.82, 2.24) is 14.9 Å². The van der Waals surface area contributed by atoms with Gasteiger partial charge in [-0.05, 0) is 25.0 Å². The number of para-hydroxylation sites is 2. The molecule has 3 atom stereocenters. The van der Waals surface area contributed by atoms with E-state index in [4.69, 9.17) is 5.73 Å². The molecule has 0 aliphatic carbocycles. The second-order valence-electron chi connectivity index (χ2n) is 5.66. The van der Waals surface area contributed by atoms with E-state index in [1.165, 1.54) is 0 Å². The first-order valence-corrected chi connectivity index (χ1v) is 7.43. The van der Waals surface area contributed by atoms with Crippen LogP contribution in [0.5, 0.6) is 0 Å². The van der Waals surface area contributed by atoms with Crippen LogP contribution in [-0.4, -0.2) is 21.5 Å². The van der Waals surface area contributed by atoms with Gasteiger partial charge in [0.25, 0.3) is 0 Å². The standard InChI is InChI=1S/C16H24N4O/c1-5-10(2)14(17)16(21)18-11(3)15-19-12-8-6-7-9-13(12)20(15)4/h6-11,14H,5,17H2,1-4H3,(H,18,21). The van der Waals surface area contributed by atoms with E-state index in [1.54, 1.807) is 0 Å². The van der Waals surface area contributed by atoms with Crippen LogP contribution in [0.2, 0.25) is 0 Å².